The Bertz CT molecular complexity index is 1620. The summed E-state index contributed by atoms with van der Waals surface area (Å²) in [7, 11) is 0. The van der Waals surface area contributed by atoms with E-state index in [1.807, 2.05) is 102 Å². The van der Waals surface area contributed by atoms with Crippen molar-refractivity contribution in [1.29, 1.82) is 10.5 Å². The van der Waals surface area contributed by atoms with E-state index in [0.717, 1.165) is 11.3 Å². The van der Waals surface area contributed by atoms with Crippen LogP contribution in [0.1, 0.15) is 27.4 Å². The van der Waals surface area contributed by atoms with Crippen molar-refractivity contribution in [3.8, 4) is 23.6 Å². The number of fused-ring (bicyclic) bond motifs is 3. The first-order chi connectivity index (χ1) is 18.7. The lowest BCUT2D eigenvalue weighted by Crippen LogP contribution is -2.45. The van der Waals surface area contributed by atoms with Crippen molar-refractivity contribution in [2.75, 3.05) is 4.90 Å². The van der Waals surface area contributed by atoms with Crippen LogP contribution < -0.4 is 9.64 Å². The van der Waals surface area contributed by atoms with Crippen molar-refractivity contribution < 1.29 is 9.53 Å². The molecule has 0 radical (unpaired) electrons. The third-order valence-electron chi connectivity index (χ3n) is 7.47. The molecular weight excluding hydrogens is 470 g/mol. The molecule has 2 aliphatic heterocycles. The van der Waals surface area contributed by atoms with Gasteiger partial charge in [0.2, 0.25) is 0 Å². The van der Waals surface area contributed by atoms with E-state index in [2.05, 4.69) is 12.1 Å². The Kier molecular flexibility index (Phi) is 5.75. The van der Waals surface area contributed by atoms with Crippen molar-refractivity contribution in [1.82, 2.24) is 0 Å². The lowest BCUT2D eigenvalue weighted by atomic mass is 9.65. The number of Topliss-reactive ketones (excluding diaryl/α,β-unsaturated/α-hetero) is 1. The van der Waals surface area contributed by atoms with E-state index in [1.54, 1.807) is 24.3 Å². The van der Waals surface area contributed by atoms with Gasteiger partial charge in [-0.05, 0) is 41.5 Å². The molecule has 4 atom stereocenters. The number of nitriles is 2. The standard InChI is InChI=1S/C33H23N3O2/c34-21-29-31(25-13-9-16-27(20-25)38-26-14-5-2-6-15-26)33(22-35,32(37)24-11-3-1-4-12-24)30-19-18-23-10-7-8-17-28(23)36(29)30/h1-20,29-31H/t29-,30-,31+,33-/m1/s1. The molecule has 0 bridgehead atoms. The SMILES string of the molecule is N#C[C@@H]1[C@H](c2cccc(Oc3ccccc3)c2)[C@](C#N)(C(=O)c2ccccc2)[C@H]2C=Cc3ccccc3N12. The summed E-state index contributed by atoms with van der Waals surface area (Å²) in [6.07, 6.45) is 3.85. The number of carbonyl (C=O) groups excluding carboxylic acids is 1. The van der Waals surface area contributed by atoms with E-state index in [1.165, 1.54) is 0 Å². The van der Waals surface area contributed by atoms with Crippen LogP contribution >= 0.6 is 0 Å². The first-order valence-electron chi connectivity index (χ1n) is 12.5. The van der Waals surface area contributed by atoms with Crippen LogP contribution in [0.15, 0.2) is 115 Å². The van der Waals surface area contributed by atoms with Gasteiger partial charge in [-0.2, -0.15) is 10.5 Å². The summed E-state index contributed by atoms with van der Waals surface area (Å²) in [5, 5.41) is 21.5. The van der Waals surface area contributed by atoms with Gasteiger partial charge in [-0.25, -0.2) is 0 Å². The van der Waals surface area contributed by atoms with E-state index in [9.17, 15) is 15.3 Å². The second kappa shape index (κ2) is 9.39. The van der Waals surface area contributed by atoms with E-state index < -0.39 is 23.4 Å². The molecular formula is C33H23N3O2. The minimum Gasteiger partial charge on any atom is -0.457 e. The molecule has 6 rings (SSSR count). The number of hydrogen-bond donors (Lipinski definition) is 0. The van der Waals surface area contributed by atoms with Gasteiger partial charge in [-0.1, -0.05) is 91.0 Å². The van der Waals surface area contributed by atoms with E-state index >= 15 is 0 Å². The van der Waals surface area contributed by atoms with Gasteiger partial charge in [0.1, 0.15) is 17.5 Å². The van der Waals surface area contributed by atoms with Crippen LogP contribution in [0, 0.1) is 28.1 Å². The lowest BCUT2D eigenvalue weighted by molar-refractivity contribution is 0.0841. The molecule has 5 nitrogen and oxygen atoms in total. The number of hydrogen-bond acceptors (Lipinski definition) is 5. The Morgan fingerprint density at radius 3 is 2.24 bits per heavy atom. The molecule has 0 saturated carbocycles. The molecule has 0 aliphatic carbocycles. The number of para-hydroxylation sites is 2. The maximum Gasteiger partial charge on any atom is 0.186 e. The fraction of sp³-hybridized carbons (Fsp3) is 0.121. The quantitative estimate of drug-likeness (QED) is 0.287. The summed E-state index contributed by atoms with van der Waals surface area (Å²) >= 11 is 0. The smallest absolute Gasteiger partial charge is 0.186 e. The van der Waals surface area contributed by atoms with Crippen molar-refractivity contribution in [2.45, 2.75) is 18.0 Å². The molecule has 0 aromatic heterocycles. The zero-order valence-corrected chi connectivity index (χ0v) is 20.4. The number of ketones is 1. The van der Waals surface area contributed by atoms with Gasteiger partial charge >= 0.3 is 0 Å². The molecule has 0 unspecified atom stereocenters. The Morgan fingerprint density at radius 2 is 1.50 bits per heavy atom. The zero-order valence-electron chi connectivity index (χ0n) is 20.4. The molecule has 1 saturated heterocycles. The summed E-state index contributed by atoms with van der Waals surface area (Å²) in [5.74, 6) is 0.224. The highest BCUT2D eigenvalue weighted by Gasteiger charge is 2.64. The Balaban J connectivity index is 1.55. The van der Waals surface area contributed by atoms with E-state index in [4.69, 9.17) is 4.74 Å². The first kappa shape index (κ1) is 23.3. The van der Waals surface area contributed by atoms with Crippen molar-refractivity contribution in [3.05, 3.63) is 132 Å². The van der Waals surface area contributed by atoms with Gasteiger partial charge < -0.3 is 9.64 Å². The molecule has 0 N–H and O–H groups in total. The second-order valence-electron chi connectivity index (χ2n) is 9.49. The summed E-state index contributed by atoms with van der Waals surface area (Å²) in [6.45, 7) is 0. The molecule has 0 spiro atoms. The van der Waals surface area contributed by atoms with Crippen LogP contribution in [0.25, 0.3) is 6.08 Å². The van der Waals surface area contributed by atoms with Gasteiger partial charge in [-0.3, -0.25) is 4.79 Å². The van der Waals surface area contributed by atoms with Crippen molar-refractivity contribution in [2.24, 2.45) is 5.41 Å². The minimum absolute atomic E-state index is 0.295. The van der Waals surface area contributed by atoms with Crippen LogP contribution in [-0.4, -0.2) is 17.9 Å². The molecule has 4 aromatic rings. The average Bonchev–Trinajstić information content (AvgIpc) is 3.29. The third-order valence-corrected chi connectivity index (χ3v) is 7.47. The van der Waals surface area contributed by atoms with E-state index in [0.29, 0.717) is 22.6 Å². The largest absolute Gasteiger partial charge is 0.457 e. The molecule has 38 heavy (non-hydrogen) atoms. The number of benzene rings is 4. The fourth-order valence-electron chi connectivity index (χ4n) is 5.86. The first-order valence-corrected chi connectivity index (χ1v) is 12.5. The van der Waals surface area contributed by atoms with Crippen LogP contribution in [0.3, 0.4) is 0 Å². The molecule has 5 heteroatoms. The second-order valence-corrected chi connectivity index (χ2v) is 9.49. The monoisotopic (exact) mass is 493 g/mol. The summed E-state index contributed by atoms with van der Waals surface area (Å²) in [5.41, 5.74) is 1.39. The van der Waals surface area contributed by atoms with Gasteiger partial charge in [0.15, 0.2) is 11.2 Å². The molecule has 2 aliphatic rings. The highest BCUT2D eigenvalue weighted by molar-refractivity contribution is 6.05. The van der Waals surface area contributed by atoms with Crippen LogP contribution in [0.4, 0.5) is 5.69 Å². The maximum absolute atomic E-state index is 14.4. The summed E-state index contributed by atoms with van der Waals surface area (Å²) in [4.78, 5) is 16.3. The lowest BCUT2D eigenvalue weighted by Gasteiger charge is -2.35. The van der Waals surface area contributed by atoms with Crippen LogP contribution in [-0.2, 0) is 0 Å². The van der Waals surface area contributed by atoms with Gasteiger partial charge in [0.25, 0.3) is 0 Å². The number of ether oxygens (including phenoxy) is 1. The Morgan fingerprint density at radius 1 is 0.816 bits per heavy atom. The highest BCUT2D eigenvalue weighted by Crippen LogP contribution is 2.56. The van der Waals surface area contributed by atoms with Crippen molar-refractivity contribution in [3.63, 3.8) is 0 Å². The van der Waals surface area contributed by atoms with Gasteiger partial charge in [0.05, 0.1) is 18.2 Å². The minimum atomic E-state index is -1.54. The van der Waals surface area contributed by atoms with Crippen LogP contribution in [0.5, 0.6) is 11.5 Å². The maximum atomic E-state index is 14.4. The highest BCUT2D eigenvalue weighted by atomic mass is 16.5. The normalized spacial score (nSPS) is 23.0. The molecule has 4 aromatic carbocycles. The van der Waals surface area contributed by atoms with Gasteiger partial charge in [0, 0.05) is 17.2 Å². The molecule has 182 valence electrons. The average molecular weight is 494 g/mol. The predicted molar refractivity (Wildman–Crippen MR) is 146 cm³/mol. The Labute approximate surface area is 221 Å². The molecule has 0 amide bonds. The number of nitrogens with zero attached hydrogens (tertiary/aromatic N) is 3. The molecule has 1 fully saturated rings. The van der Waals surface area contributed by atoms with Gasteiger partial charge in [-0.15, -0.1) is 0 Å². The zero-order chi connectivity index (χ0) is 26.1. The van der Waals surface area contributed by atoms with Crippen LogP contribution in [0.2, 0.25) is 0 Å². The summed E-state index contributed by atoms with van der Waals surface area (Å²) in [6, 6.07) is 37.0. The topological polar surface area (TPSA) is 77.1 Å². The Hall–Kier alpha value is -5.13. The fourth-order valence-corrected chi connectivity index (χ4v) is 5.86. The predicted octanol–water partition coefficient (Wildman–Crippen LogP) is 6.76. The van der Waals surface area contributed by atoms with Crippen molar-refractivity contribution >= 4 is 17.5 Å². The summed E-state index contributed by atoms with van der Waals surface area (Å²) < 4.78 is 6.09. The van der Waals surface area contributed by atoms with E-state index in [-0.39, 0.29) is 5.78 Å². The number of carbonyl (C=O) groups is 1. The third kappa shape index (κ3) is 3.57. The number of rotatable bonds is 5. The number of anilines is 1. The molecule has 2 heterocycles.